The van der Waals surface area contributed by atoms with Crippen LogP contribution in [0.4, 0.5) is 5.69 Å². The Kier molecular flexibility index (Phi) is 5.97. The Hall–Kier alpha value is -3.44. The number of rotatable bonds is 6. The van der Waals surface area contributed by atoms with E-state index < -0.39 is 0 Å². The molecule has 3 aromatic rings. The first kappa shape index (κ1) is 18.4. The number of hydrogen-bond acceptors (Lipinski definition) is 4. The van der Waals surface area contributed by atoms with Crippen LogP contribution < -0.4 is 10.1 Å². The molecule has 2 N–H and O–H groups in total. The first-order valence-corrected chi connectivity index (χ1v) is 8.51. The summed E-state index contributed by atoms with van der Waals surface area (Å²) >= 11 is 0. The number of aliphatic hydroxyl groups is 1. The highest BCUT2D eigenvalue weighted by Crippen LogP contribution is 2.26. The number of pyridine rings is 1. The molecule has 1 aromatic heterocycles. The van der Waals surface area contributed by atoms with Crippen LogP contribution in [0.25, 0.3) is 6.08 Å². The summed E-state index contributed by atoms with van der Waals surface area (Å²) in [5.41, 5.74) is 3.24. The van der Waals surface area contributed by atoms with Crippen LogP contribution >= 0.6 is 0 Å². The molecule has 0 unspecified atom stereocenters. The van der Waals surface area contributed by atoms with Gasteiger partial charge in [-0.3, -0.25) is 9.78 Å². The molecular weight excluding hydrogens is 340 g/mol. The van der Waals surface area contributed by atoms with Crippen LogP contribution in [-0.2, 0) is 11.4 Å². The number of amides is 1. The first-order valence-electron chi connectivity index (χ1n) is 8.51. The van der Waals surface area contributed by atoms with E-state index in [9.17, 15) is 4.79 Å². The highest BCUT2D eigenvalue weighted by molar-refractivity contribution is 6.02. The lowest BCUT2D eigenvalue weighted by Gasteiger charge is -2.10. The Labute approximate surface area is 158 Å². The molecule has 0 saturated heterocycles. The van der Waals surface area contributed by atoms with Gasteiger partial charge in [-0.05, 0) is 66.1 Å². The molecule has 27 heavy (non-hydrogen) atoms. The lowest BCUT2D eigenvalue weighted by Crippen LogP contribution is -2.07. The maximum atomic E-state index is 12.1. The van der Waals surface area contributed by atoms with Gasteiger partial charge in [-0.1, -0.05) is 18.2 Å². The quantitative estimate of drug-likeness (QED) is 0.642. The van der Waals surface area contributed by atoms with E-state index in [2.05, 4.69) is 10.3 Å². The summed E-state index contributed by atoms with van der Waals surface area (Å²) in [5, 5.41) is 12.0. The van der Waals surface area contributed by atoms with Gasteiger partial charge < -0.3 is 15.2 Å². The smallest absolute Gasteiger partial charge is 0.248 e. The number of carbonyl (C=O) groups excluding carboxylic acids is 1. The summed E-state index contributed by atoms with van der Waals surface area (Å²) in [6.07, 6.45) is 6.50. The summed E-state index contributed by atoms with van der Waals surface area (Å²) in [4.78, 5) is 16.2. The van der Waals surface area contributed by atoms with E-state index in [0.29, 0.717) is 17.2 Å². The van der Waals surface area contributed by atoms with E-state index in [1.165, 1.54) is 6.08 Å². The molecule has 0 aliphatic carbocycles. The second kappa shape index (κ2) is 8.78. The molecule has 0 aliphatic rings. The molecule has 1 amide bonds. The van der Waals surface area contributed by atoms with Gasteiger partial charge in [0.2, 0.25) is 5.91 Å². The molecular formula is C22H20N2O3. The lowest BCUT2D eigenvalue weighted by molar-refractivity contribution is -0.111. The van der Waals surface area contributed by atoms with Crippen molar-refractivity contribution >= 4 is 17.7 Å². The Balaban J connectivity index is 1.64. The minimum Gasteiger partial charge on any atom is -0.455 e. The fraction of sp³-hybridized carbons (Fsp3) is 0.0909. The highest BCUT2D eigenvalue weighted by Gasteiger charge is 2.05. The lowest BCUT2D eigenvalue weighted by atomic mass is 10.1. The Morgan fingerprint density at radius 1 is 1.19 bits per heavy atom. The topological polar surface area (TPSA) is 71.5 Å². The molecule has 2 aromatic carbocycles. The second-order valence-corrected chi connectivity index (χ2v) is 6.00. The standard InChI is InChI=1S/C22H20N2O3/c1-16-12-19(8-9-21(16)27-20-6-3-11-23-14-20)24-22(26)10-7-17-4-2-5-18(13-17)15-25/h2-14,25H,15H2,1H3,(H,24,26)/b10-7+. The van der Waals surface area contributed by atoms with Crippen molar-refractivity contribution in [2.24, 2.45) is 0 Å². The van der Waals surface area contributed by atoms with Gasteiger partial charge in [0.25, 0.3) is 0 Å². The van der Waals surface area contributed by atoms with Gasteiger partial charge in [-0.15, -0.1) is 0 Å². The van der Waals surface area contributed by atoms with Gasteiger partial charge >= 0.3 is 0 Å². The number of aromatic nitrogens is 1. The van der Waals surface area contributed by atoms with Crippen LogP contribution in [0.15, 0.2) is 73.1 Å². The van der Waals surface area contributed by atoms with Crippen molar-refractivity contribution in [3.63, 3.8) is 0 Å². The second-order valence-electron chi connectivity index (χ2n) is 6.00. The van der Waals surface area contributed by atoms with Gasteiger partial charge in [0, 0.05) is 18.0 Å². The van der Waals surface area contributed by atoms with Crippen molar-refractivity contribution in [1.29, 1.82) is 0 Å². The van der Waals surface area contributed by atoms with E-state index in [1.807, 2.05) is 55.5 Å². The third-order valence-electron chi connectivity index (χ3n) is 3.87. The number of aliphatic hydroxyl groups excluding tert-OH is 1. The molecule has 0 spiro atoms. The SMILES string of the molecule is Cc1cc(NC(=O)/C=C/c2cccc(CO)c2)ccc1Oc1cccnc1. The maximum Gasteiger partial charge on any atom is 0.248 e. The molecule has 0 saturated carbocycles. The van der Waals surface area contributed by atoms with Crippen molar-refractivity contribution < 1.29 is 14.6 Å². The summed E-state index contributed by atoms with van der Waals surface area (Å²) in [6, 6.07) is 16.5. The molecule has 5 nitrogen and oxygen atoms in total. The number of nitrogens with one attached hydrogen (secondary N) is 1. The predicted molar refractivity (Wildman–Crippen MR) is 106 cm³/mol. The Bertz CT molecular complexity index is 953. The Morgan fingerprint density at radius 2 is 2.07 bits per heavy atom. The van der Waals surface area contributed by atoms with Crippen LogP contribution in [0.1, 0.15) is 16.7 Å². The molecule has 0 atom stereocenters. The van der Waals surface area contributed by atoms with Crippen LogP contribution in [0, 0.1) is 6.92 Å². The first-order chi connectivity index (χ1) is 13.1. The molecule has 0 fully saturated rings. The zero-order valence-electron chi connectivity index (χ0n) is 14.9. The van der Waals surface area contributed by atoms with Crippen LogP contribution in [0.2, 0.25) is 0 Å². The zero-order valence-corrected chi connectivity index (χ0v) is 14.9. The molecule has 3 rings (SSSR count). The summed E-state index contributed by atoms with van der Waals surface area (Å²) in [6.45, 7) is 1.89. The number of nitrogens with zero attached hydrogens (tertiary/aromatic N) is 1. The predicted octanol–water partition coefficient (Wildman–Crippen LogP) is 4.33. The van der Waals surface area contributed by atoms with Crippen molar-refractivity contribution in [3.05, 3.63) is 89.8 Å². The highest BCUT2D eigenvalue weighted by atomic mass is 16.5. The van der Waals surface area contributed by atoms with Gasteiger partial charge in [-0.2, -0.15) is 0 Å². The number of benzene rings is 2. The molecule has 1 heterocycles. The van der Waals surface area contributed by atoms with Gasteiger partial charge in [-0.25, -0.2) is 0 Å². The summed E-state index contributed by atoms with van der Waals surface area (Å²) < 4.78 is 5.79. The van der Waals surface area contributed by atoms with Crippen molar-refractivity contribution in [2.75, 3.05) is 5.32 Å². The van der Waals surface area contributed by atoms with Crippen LogP contribution in [-0.4, -0.2) is 16.0 Å². The fourth-order valence-electron chi connectivity index (χ4n) is 2.53. The zero-order chi connectivity index (χ0) is 19.1. The van der Waals surface area contributed by atoms with E-state index >= 15 is 0 Å². The number of carbonyl (C=O) groups is 1. The monoisotopic (exact) mass is 360 g/mol. The van der Waals surface area contributed by atoms with Gasteiger partial charge in [0.15, 0.2) is 0 Å². The average Bonchev–Trinajstić information content (AvgIpc) is 2.69. The molecule has 136 valence electrons. The van der Waals surface area contributed by atoms with Crippen LogP contribution in [0.3, 0.4) is 0 Å². The van der Waals surface area contributed by atoms with E-state index in [-0.39, 0.29) is 12.5 Å². The van der Waals surface area contributed by atoms with E-state index in [4.69, 9.17) is 9.84 Å². The fourth-order valence-corrected chi connectivity index (χ4v) is 2.53. The molecule has 0 bridgehead atoms. The van der Waals surface area contributed by atoms with Gasteiger partial charge in [0.05, 0.1) is 12.8 Å². The van der Waals surface area contributed by atoms with Crippen molar-refractivity contribution in [3.8, 4) is 11.5 Å². The maximum absolute atomic E-state index is 12.1. The van der Waals surface area contributed by atoms with Crippen molar-refractivity contribution in [1.82, 2.24) is 4.98 Å². The molecule has 5 heteroatoms. The normalized spacial score (nSPS) is 10.7. The third-order valence-corrected chi connectivity index (χ3v) is 3.87. The van der Waals surface area contributed by atoms with Crippen LogP contribution in [0.5, 0.6) is 11.5 Å². The number of hydrogen-bond donors (Lipinski definition) is 2. The summed E-state index contributed by atoms with van der Waals surface area (Å²) in [7, 11) is 0. The largest absolute Gasteiger partial charge is 0.455 e. The van der Waals surface area contributed by atoms with Crippen molar-refractivity contribution in [2.45, 2.75) is 13.5 Å². The summed E-state index contributed by atoms with van der Waals surface area (Å²) in [5.74, 6) is 1.13. The Morgan fingerprint density at radius 3 is 2.81 bits per heavy atom. The third kappa shape index (κ3) is 5.26. The van der Waals surface area contributed by atoms with Gasteiger partial charge in [0.1, 0.15) is 11.5 Å². The molecule has 0 radical (unpaired) electrons. The average molecular weight is 360 g/mol. The van der Waals surface area contributed by atoms with E-state index in [1.54, 1.807) is 24.5 Å². The number of ether oxygens (including phenoxy) is 1. The van der Waals surface area contributed by atoms with E-state index in [0.717, 1.165) is 16.7 Å². The minimum atomic E-state index is -0.232. The molecule has 0 aliphatic heterocycles. The number of anilines is 1. The minimum absolute atomic E-state index is 0.0272. The number of aryl methyl sites for hydroxylation is 1.